The van der Waals surface area contributed by atoms with Gasteiger partial charge >= 0.3 is 0 Å². The molecule has 0 N–H and O–H groups in total. The topological polar surface area (TPSA) is 50.5 Å². The monoisotopic (exact) mass is 370 g/mol. The molecule has 0 saturated carbocycles. The molecule has 1 saturated heterocycles. The van der Waals surface area contributed by atoms with Gasteiger partial charge in [0.05, 0.1) is 17.3 Å². The molecule has 3 aromatic rings. The minimum absolute atomic E-state index is 0.0101. The van der Waals surface area contributed by atoms with Crippen LogP contribution in [0, 0.1) is 0 Å². The number of nitrogens with zero attached hydrogens (tertiary/aromatic N) is 4. The molecule has 0 spiro atoms. The van der Waals surface area contributed by atoms with E-state index in [0.29, 0.717) is 5.69 Å². The van der Waals surface area contributed by atoms with Gasteiger partial charge in [-0.15, -0.1) is 0 Å². The highest BCUT2D eigenvalue weighted by Crippen LogP contribution is 2.32. The first-order chi connectivity index (χ1) is 11.2. The molecule has 116 valence electrons. The van der Waals surface area contributed by atoms with Crippen LogP contribution in [0.1, 0.15) is 35.1 Å². The smallest absolute Gasteiger partial charge is 0.273 e. The van der Waals surface area contributed by atoms with Crippen LogP contribution in [0.25, 0.3) is 5.52 Å². The summed E-state index contributed by atoms with van der Waals surface area (Å²) in [7, 11) is 0. The van der Waals surface area contributed by atoms with Gasteiger partial charge in [0, 0.05) is 23.4 Å². The second-order valence-corrected chi connectivity index (χ2v) is 6.55. The van der Waals surface area contributed by atoms with Gasteiger partial charge in [-0.1, -0.05) is 0 Å². The summed E-state index contributed by atoms with van der Waals surface area (Å²) in [5, 5.41) is 4.29. The Bertz CT molecular complexity index is 858. The largest absolute Gasteiger partial charge is 0.329 e. The van der Waals surface area contributed by atoms with Gasteiger partial charge in [0.2, 0.25) is 0 Å². The Morgan fingerprint density at radius 2 is 2.13 bits per heavy atom. The fourth-order valence-corrected chi connectivity index (χ4v) is 3.39. The lowest BCUT2D eigenvalue weighted by Crippen LogP contribution is -2.32. The van der Waals surface area contributed by atoms with Crippen LogP contribution in [0.4, 0.5) is 0 Å². The summed E-state index contributed by atoms with van der Waals surface area (Å²) in [6, 6.07) is 11.6. The molecule has 3 aromatic heterocycles. The molecular weight excluding hydrogens is 356 g/mol. The third kappa shape index (κ3) is 2.53. The third-order valence-corrected chi connectivity index (χ3v) is 4.71. The van der Waals surface area contributed by atoms with Crippen molar-refractivity contribution >= 4 is 27.4 Å². The molecule has 0 radical (unpaired) electrons. The highest BCUT2D eigenvalue weighted by molar-refractivity contribution is 9.10. The van der Waals surface area contributed by atoms with Crippen molar-refractivity contribution in [1.82, 2.24) is 19.5 Å². The summed E-state index contributed by atoms with van der Waals surface area (Å²) >= 11 is 3.40. The van der Waals surface area contributed by atoms with Crippen LogP contribution >= 0.6 is 15.9 Å². The zero-order chi connectivity index (χ0) is 15.8. The Labute approximate surface area is 142 Å². The van der Waals surface area contributed by atoms with Gasteiger partial charge in [-0.3, -0.25) is 9.78 Å². The van der Waals surface area contributed by atoms with Crippen molar-refractivity contribution in [2.24, 2.45) is 0 Å². The molecule has 1 fully saturated rings. The third-order valence-electron chi connectivity index (χ3n) is 4.24. The molecule has 6 heteroatoms. The molecule has 5 nitrogen and oxygen atoms in total. The SMILES string of the molecule is O=C(c1ccc2cccnn12)N1CCCC1c1ccc(Br)cn1. The van der Waals surface area contributed by atoms with Crippen LogP contribution < -0.4 is 0 Å². The highest BCUT2D eigenvalue weighted by Gasteiger charge is 2.32. The summed E-state index contributed by atoms with van der Waals surface area (Å²) in [5.41, 5.74) is 2.46. The molecule has 1 amide bonds. The van der Waals surface area contributed by atoms with E-state index in [9.17, 15) is 4.79 Å². The van der Waals surface area contributed by atoms with Crippen molar-refractivity contribution in [1.29, 1.82) is 0 Å². The van der Waals surface area contributed by atoms with Crippen molar-refractivity contribution in [3.63, 3.8) is 0 Å². The van der Waals surface area contributed by atoms with Crippen LogP contribution in [0.3, 0.4) is 0 Å². The summed E-state index contributed by atoms with van der Waals surface area (Å²) in [4.78, 5) is 19.4. The lowest BCUT2D eigenvalue weighted by atomic mass is 10.1. The quantitative estimate of drug-likeness (QED) is 0.693. The minimum atomic E-state index is 0.0101. The minimum Gasteiger partial charge on any atom is -0.329 e. The first kappa shape index (κ1) is 14.4. The van der Waals surface area contributed by atoms with E-state index in [-0.39, 0.29) is 11.9 Å². The van der Waals surface area contributed by atoms with Crippen molar-refractivity contribution in [2.45, 2.75) is 18.9 Å². The molecule has 0 aromatic carbocycles. The Hall–Kier alpha value is -2.21. The number of pyridine rings is 1. The maximum atomic E-state index is 13.0. The van der Waals surface area contributed by atoms with Crippen LogP contribution in [0.5, 0.6) is 0 Å². The molecule has 1 aliphatic heterocycles. The lowest BCUT2D eigenvalue weighted by molar-refractivity contribution is 0.0724. The molecule has 4 rings (SSSR count). The molecular formula is C17H15BrN4O. The fraction of sp³-hybridized carbons (Fsp3) is 0.235. The van der Waals surface area contributed by atoms with E-state index in [1.54, 1.807) is 16.9 Å². The van der Waals surface area contributed by atoms with E-state index in [1.807, 2.05) is 41.3 Å². The Morgan fingerprint density at radius 3 is 2.96 bits per heavy atom. The van der Waals surface area contributed by atoms with Crippen LogP contribution in [-0.4, -0.2) is 31.9 Å². The number of fused-ring (bicyclic) bond motifs is 1. The van der Waals surface area contributed by atoms with Gasteiger partial charge in [0.25, 0.3) is 5.91 Å². The van der Waals surface area contributed by atoms with Gasteiger partial charge in [0.1, 0.15) is 5.69 Å². The summed E-state index contributed by atoms with van der Waals surface area (Å²) in [5.74, 6) is 0.0101. The van der Waals surface area contributed by atoms with Crippen molar-refractivity contribution in [3.8, 4) is 0 Å². The number of aromatic nitrogens is 3. The van der Waals surface area contributed by atoms with Crippen LogP contribution in [-0.2, 0) is 0 Å². The molecule has 1 atom stereocenters. The van der Waals surface area contributed by atoms with E-state index in [0.717, 1.165) is 35.1 Å². The van der Waals surface area contributed by atoms with Crippen molar-refractivity contribution < 1.29 is 4.79 Å². The van der Waals surface area contributed by atoms with Gasteiger partial charge in [-0.2, -0.15) is 5.10 Å². The Kier molecular flexibility index (Phi) is 3.61. The Morgan fingerprint density at radius 1 is 1.22 bits per heavy atom. The molecule has 0 aliphatic carbocycles. The van der Waals surface area contributed by atoms with E-state index in [4.69, 9.17) is 0 Å². The second-order valence-electron chi connectivity index (χ2n) is 5.64. The predicted octanol–water partition coefficient (Wildman–Crippen LogP) is 3.47. The fourth-order valence-electron chi connectivity index (χ4n) is 3.16. The molecule has 23 heavy (non-hydrogen) atoms. The highest BCUT2D eigenvalue weighted by atomic mass is 79.9. The van der Waals surface area contributed by atoms with Crippen LogP contribution in [0.2, 0.25) is 0 Å². The Balaban J connectivity index is 1.68. The summed E-state index contributed by atoms with van der Waals surface area (Å²) in [6.45, 7) is 0.751. The number of likely N-dealkylation sites (tertiary alicyclic amines) is 1. The number of amides is 1. The standard InChI is InChI=1S/C17H15BrN4O/c18-12-5-7-14(19-11-12)15-4-2-10-21(15)17(23)16-8-6-13-3-1-9-20-22(13)16/h1,3,5-9,11,15H,2,4,10H2. The number of rotatable bonds is 2. The summed E-state index contributed by atoms with van der Waals surface area (Å²) < 4.78 is 2.64. The first-order valence-electron chi connectivity index (χ1n) is 7.59. The van der Waals surface area contributed by atoms with Gasteiger partial charge < -0.3 is 4.90 Å². The van der Waals surface area contributed by atoms with E-state index < -0.39 is 0 Å². The summed E-state index contributed by atoms with van der Waals surface area (Å²) in [6.07, 6.45) is 5.41. The lowest BCUT2D eigenvalue weighted by Gasteiger charge is -2.24. The van der Waals surface area contributed by atoms with E-state index in [2.05, 4.69) is 26.0 Å². The molecule has 4 heterocycles. The predicted molar refractivity (Wildman–Crippen MR) is 90.1 cm³/mol. The van der Waals surface area contributed by atoms with Gasteiger partial charge in [-0.05, 0) is 65.2 Å². The average molecular weight is 371 g/mol. The normalized spacial score (nSPS) is 17.8. The van der Waals surface area contributed by atoms with E-state index in [1.165, 1.54) is 0 Å². The average Bonchev–Trinajstić information content (AvgIpc) is 3.22. The zero-order valence-corrected chi connectivity index (χ0v) is 14.0. The zero-order valence-electron chi connectivity index (χ0n) is 12.4. The molecule has 1 aliphatic rings. The van der Waals surface area contributed by atoms with Crippen LogP contribution in [0.15, 0.2) is 53.3 Å². The molecule has 1 unspecified atom stereocenters. The van der Waals surface area contributed by atoms with E-state index >= 15 is 0 Å². The molecule has 0 bridgehead atoms. The maximum Gasteiger partial charge on any atom is 0.273 e. The number of carbonyl (C=O) groups excluding carboxylic acids is 1. The van der Waals surface area contributed by atoms with Crippen molar-refractivity contribution in [3.05, 3.63) is 64.7 Å². The van der Waals surface area contributed by atoms with Crippen molar-refractivity contribution in [2.75, 3.05) is 6.54 Å². The number of halogens is 1. The maximum absolute atomic E-state index is 13.0. The number of hydrogen-bond donors (Lipinski definition) is 0. The second kappa shape index (κ2) is 5.77. The van der Waals surface area contributed by atoms with Gasteiger partial charge in [0.15, 0.2) is 0 Å². The number of carbonyl (C=O) groups is 1. The van der Waals surface area contributed by atoms with Gasteiger partial charge in [-0.25, -0.2) is 4.52 Å². The first-order valence-corrected chi connectivity index (χ1v) is 8.38. The number of hydrogen-bond acceptors (Lipinski definition) is 3.